The second-order valence-electron chi connectivity index (χ2n) is 2.99. The monoisotopic (exact) mass is 231 g/mol. The highest BCUT2D eigenvalue weighted by Gasteiger charge is 2.12. The first-order valence-corrected chi connectivity index (χ1v) is 4.52. The van der Waals surface area contributed by atoms with Crippen molar-refractivity contribution in [1.29, 1.82) is 0 Å². The molecule has 6 heteroatoms. The number of halogens is 2. The summed E-state index contributed by atoms with van der Waals surface area (Å²) in [4.78, 5) is 11.0. The number of methoxy groups -OCH3 is 1. The van der Waals surface area contributed by atoms with E-state index in [0.29, 0.717) is 0 Å². The topological polar surface area (TPSA) is 58.6 Å². The average Bonchev–Trinajstić information content (AvgIpc) is 2.23. The number of hydrogen-bond acceptors (Lipinski definition) is 3. The summed E-state index contributed by atoms with van der Waals surface area (Å²) in [6.45, 7) is -0.355. The first-order chi connectivity index (χ1) is 7.58. The Labute approximate surface area is 90.8 Å². The van der Waals surface area contributed by atoms with Crippen molar-refractivity contribution in [2.75, 3.05) is 19.0 Å². The van der Waals surface area contributed by atoms with Gasteiger partial charge in [0.1, 0.15) is 0 Å². The quantitative estimate of drug-likeness (QED) is 0.821. The van der Waals surface area contributed by atoms with Gasteiger partial charge in [-0.2, -0.15) is 0 Å². The highest BCUT2D eigenvalue weighted by molar-refractivity contribution is 5.90. The number of aliphatic hydroxyl groups excluding tert-OH is 1. The molecule has 0 aliphatic rings. The fraction of sp³-hybridized carbons (Fsp3) is 0.300. The van der Waals surface area contributed by atoms with Crippen LogP contribution in [0.4, 0.5) is 14.5 Å². The van der Waals surface area contributed by atoms with Crippen molar-refractivity contribution in [1.82, 2.24) is 0 Å². The van der Waals surface area contributed by atoms with E-state index in [0.717, 1.165) is 12.1 Å². The van der Waals surface area contributed by atoms with Crippen molar-refractivity contribution in [3.05, 3.63) is 23.8 Å². The number of carbonyl (C=O) groups excluding carboxylic acids is 1. The number of rotatable bonds is 4. The summed E-state index contributed by atoms with van der Waals surface area (Å²) in [6.07, 6.45) is -0.174. The lowest BCUT2D eigenvalue weighted by Gasteiger charge is -2.08. The van der Waals surface area contributed by atoms with Crippen LogP contribution in [-0.2, 0) is 4.79 Å². The van der Waals surface area contributed by atoms with Crippen molar-refractivity contribution in [2.24, 2.45) is 0 Å². The van der Waals surface area contributed by atoms with Gasteiger partial charge in [-0.05, 0) is 0 Å². The van der Waals surface area contributed by atoms with E-state index in [1.54, 1.807) is 0 Å². The molecule has 0 radical (unpaired) electrons. The standard InChI is InChI=1S/C10H11F2NO3/c1-16-9-5-6(11)8(4-7(9)12)13-10(15)2-3-14/h4-5,14H,2-3H2,1H3,(H,13,15). The summed E-state index contributed by atoms with van der Waals surface area (Å²) < 4.78 is 31.0. The molecule has 0 aliphatic heterocycles. The molecule has 0 unspecified atom stereocenters. The van der Waals surface area contributed by atoms with E-state index in [4.69, 9.17) is 5.11 Å². The lowest BCUT2D eigenvalue weighted by Crippen LogP contribution is -2.14. The van der Waals surface area contributed by atoms with Crippen LogP contribution in [0.2, 0.25) is 0 Å². The minimum absolute atomic E-state index is 0.174. The summed E-state index contributed by atoms with van der Waals surface area (Å²) in [5.41, 5.74) is -0.281. The second-order valence-corrected chi connectivity index (χ2v) is 2.99. The molecule has 4 nitrogen and oxygen atoms in total. The normalized spacial score (nSPS) is 10.0. The van der Waals surface area contributed by atoms with E-state index >= 15 is 0 Å². The first-order valence-electron chi connectivity index (χ1n) is 4.52. The summed E-state index contributed by atoms with van der Waals surface area (Å²) in [5.74, 6) is -2.41. The molecule has 0 heterocycles. The molecule has 0 atom stereocenters. The van der Waals surface area contributed by atoms with Gasteiger partial charge in [0.25, 0.3) is 0 Å². The molecule has 0 bridgehead atoms. The zero-order valence-electron chi connectivity index (χ0n) is 8.59. The van der Waals surface area contributed by atoms with Gasteiger partial charge in [-0.1, -0.05) is 0 Å². The van der Waals surface area contributed by atoms with Gasteiger partial charge < -0.3 is 15.2 Å². The maximum Gasteiger partial charge on any atom is 0.226 e. The van der Waals surface area contributed by atoms with Crippen molar-refractivity contribution < 1.29 is 23.4 Å². The molecule has 1 rings (SSSR count). The molecule has 2 N–H and O–H groups in total. The van der Waals surface area contributed by atoms with Crippen molar-refractivity contribution in [2.45, 2.75) is 6.42 Å². The van der Waals surface area contributed by atoms with Crippen LogP contribution in [0.1, 0.15) is 6.42 Å². The Balaban J connectivity index is 2.89. The molecule has 0 aromatic heterocycles. The predicted octanol–water partition coefficient (Wildman–Crippen LogP) is 1.29. The van der Waals surface area contributed by atoms with Crippen LogP contribution in [0.25, 0.3) is 0 Å². The number of hydrogen-bond donors (Lipinski definition) is 2. The van der Waals surface area contributed by atoms with Gasteiger partial charge in [-0.25, -0.2) is 8.78 Å². The summed E-state index contributed by atoms with van der Waals surface area (Å²) in [6, 6.07) is 1.66. The maximum absolute atomic E-state index is 13.3. The number of carbonyl (C=O) groups is 1. The number of anilines is 1. The molecule has 88 valence electrons. The number of benzene rings is 1. The fourth-order valence-electron chi connectivity index (χ4n) is 1.10. The average molecular weight is 231 g/mol. The van der Waals surface area contributed by atoms with Gasteiger partial charge in [0.2, 0.25) is 5.91 Å². The number of ether oxygens (including phenoxy) is 1. The number of aliphatic hydroxyl groups is 1. The van der Waals surface area contributed by atoms with E-state index in [1.165, 1.54) is 7.11 Å². The third-order valence-corrected chi connectivity index (χ3v) is 1.85. The van der Waals surface area contributed by atoms with Crippen molar-refractivity contribution in [3.63, 3.8) is 0 Å². The Morgan fingerprint density at radius 1 is 1.44 bits per heavy atom. The Morgan fingerprint density at radius 3 is 2.69 bits per heavy atom. The Bertz CT molecular complexity index is 396. The molecule has 0 spiro atoms. The van der Waals surface area contributed by atoms with Crippen LogP contribution in [0, 0.1) is 11.6 Å². The van der Waals surface area contributed by atoms with Gasteiger partial charge in [0, 0.05) is 12.1 Å². The molecule has 1 aromatic rings. The molecule has 16 heavy (non-hydrogen) atoms. The van der Waals surface area contributed by atoms with Crippen LogP contribution < -0.4 is 10.1 Å². The van der Waals surface area contributed by atoms with E-state index < -0.39 is 17.5 Å². The van der Waals surface area contributed by atoms with E-state index in [-0.39, 0.29) is 24.5 Å². The lowest BCUT2D eigenvalue weighted by molar-refractivity contribution is -0.116. The number of amides is 1. The van der Waals surface area contributed by atoms with Crippen LogP contribution >= 0.6 is 0 Å². The first kappa shape index (κ1) is 12.4. The zero-order chi connectivity index (χ0) is 12.1. The van der Waals surface area contributed by atoms with Gasteiger partial charge in [-0.3, -0.25) is 4.79 Å². The van der Waals surface area contributed by atoms with Crippen LogP contribution in [-0.4, -0.2) is 24.7 Å². The summed E-state index contributed by atoms with van der Waals surface area (Å²) >= 11 is 0. The Morgan fingerprint density at radius 2 is 2.12 bits per heavy atom. The highest BCUT2D eigenvalue weighted by Crippen LogP contribution is 2.24. The summed E-state index contributed by atoms with van der Waals surface area (Å²) in [5, 5.41) is 10.6. The molecule has 0 aliphatic carbocycles. The van der Waals surface area contributed by atoms with E-state index in [9.17, 15) is 13.6 Å². The minimum Gasteiger partial charge on any atom is -0.494 e. The molecule has 1 aromatic carbocycles. The zero-order valence-corrected chi connectivity index (χ0v) is 8.59. The smallest absolute Gasteiger partial charge is 0.226 e. The molecule has 1 amide bonds. The molecule has 0 saturated heterocycles. The Kier molecular flexibility index (Phi) is 4.19. The fourth-order valence-corrected chi connectivity index (χ4v) is 1.10. The molecule has 0 fully saturated rings. The third-order valence-electron chi connectivity index (χ3n) is 1.85. The largest absolute Gasteiger partial charge is 0.494 e. The van der Waals surface area contributed by atoms with Crippen LogP contribution in [0.3, 0.4) is 0 Å². The lowest BCUT2D eigenvalue weighted by atomic mass is 10.2. The van der Waals surface area contributed by atoms with Crippen LogP contribution in [0.15, 0.2) is 12.1 Å². The van der Waals surface area contributed by atoms with Crippen LogP contribution in [0.5, 0.6) is 5.75 Å². The highest BCUT2D eigenvalue weighted by atomic mass is 19.1. The second kappa shape index (κ2) is 5.41. The van der Waals surface area contributed by atoms with Gasteiger partial charge in [0.15, 0.2) is 17.4 Å². The molecular formula is C10H11F2NO3. The van der Waals surface area contributed by atoms with E-state index in [2.05, 4.69) is 10.1 Å². The van der Waals surface area contributed by atoms with Crippen molar-refractivity contribution in [3.8, 4) is 5.75 Å². The van der Waals surface area contributed by atoms with Gasteiger partial charge >= 0.3 is 0 Å². The SMILES string of the molecule is COc1cc(F)c(NC(=O)CCO)cc1F. The predicted molar refractivity (Wildman–Crippen MR) is 53.2 cm³/mol. The van der Waals surface area contributed by atoms with Gasteiger partial charge in [0.05, 0.1) is 25.8 Å². The molecule has 0 saturated carbocycles. The van der Waals surface area contributed by atoms with Gasteiger partial charge in [-0.15, -0.1) is 0 Å². The molecular weight excluding hydrogens is 220 g/mol. The van der Waals surface area contributed by atoms with E-state index in [1.807, 2.05) is 0 Å². The number of nitrogens with one attached hydrogen (secondary N) is 1. The third kappa shape index (κ3) is 2.90. The maximum atomic E-state index is 13.3. The van der Waals surface area contributed by atoms with Crippen molar-refractivity contribution >= 4 is 11.6 Å². The minimum atomic E-state index is -0.801. The summed E-state index contributed by atoms with van der Waals surface area (Å²) in [7, 11) is 1.21. The Hall–Kier alpha value is -1.69.